The third-order valence-electron chi connectivity index (χ3n) is 2.34. The lowest BCUT2D eigenvalue weighted by molar-refractivity contribution is 0.0779. The summed E-state index contributed by atoms with van der Waals surface area (Å²) < 4.78 is 1.49. The van der Waals surface area contributed by atoms with Crippen molar-refractivity contribution in [2.75, 3.05) is 18.8 Å². The molecule has 0 spiro atoms. The molecule has 1 amide bonds. The van der Waals surface area contributed by atoms with E-state index in [1.54, 1.807) is 11.9 Å². The predicted molar refractivity (Wildman–Crippen MR) is 64.0 cm³/mol. The van der Waals surface area contributed by atoms with Crippen LogP contribution < -0.4 is 5.73 Å². The molecule has 1 aromatic heterocycles. The Morgan fingerprint density at radius 2 is 2.31 bits per heavy atom. The average molecular weight is 222 g/mol. The van der Waals surface area contributed by atoms with Gasteiger partial charge in [-0.15, -0.1) is 0 Å². The van der Waals surface area contributed by atoms with E-state index in [9.17, 15) is 4.79 Å². The molecule has 0 aliphatic heterocycles. The van der Waals surface area contributed by atoms with Gasteiger partial charge in [-0.1, -0.05) is 12.2 Å². The van der Waals surface area contributed by atoms with Crippen molar-refractivity contribution in [2.24, 2.45) is 7.05 Å². The Morgan fingerprint density at radius 3 is 2.69 bits per heavy atom. The molecule has 1 rings (SSSR count). The number of hydrogen-bond acceptors (Lipinski definition) is 3. The first-order valence-electron chi connectivity index (χ1n) is 5.18. The number of nitrogens with zero attached hydrogens (tertiary/aromatic N) is 3. The number of carbonyl (C=O) groups is 1. The van der Waals surface area contributed by atoms with Gasteiger partial charge >= 0.3 is 0 Å². The highest BCUT2D eigenvalue weighted by Gasteiger charge is 2.19. The minimum atomic E-state index is -0.101. The molecule has 5 heteroatoms. The summed E-state index contributed by atoms with van der Waals surface area (Å²) in [5.74, 6) is 0.293. The standard InChI is InChI=1S/C11H18N4O/c1-5-15(7-8(2)3)11(16)9-6-13-14(4)10(9)12/h6H,2,5,7,12H2,1,3-4H3. The normalized spacial score (nSPS) is 10.2. The molecule has 5 nitrogen and oxygen atoms in total. The van der Waals surface area contributed by atoms with E-state index in [1.807, 2.05) is 13.8 Å². The predicted octanol–water partition coefficient (Wildman–Crippen LogP) is 1.04. The van der Waals surface area contributed by atoms with Gasteiger partial charge in [0.25, 0.3) is 5.91 Å². The smallest absolute Gasteiger partial charge is 0.259 e. The van der Waals surface area contributed by atoms with Crippen molar-refractivity contribution < 1.29 is 4.79 Å². The Kier molecular flexibility index (Phi) is 3.71. The second-order valence-corrected chi connectivity index (χ2v) is 3.84. The van der Waals surface area contributed by atoms with E-state index in [0.717, 1.165) is 5.57 Å². The van der Waals surface area contributed by atoms with Crippen LogP contribution in [0.1, 0.15) is 24.2 Å². The lowest BCUT2D eigenvalue weighted by Crippen LogP contribution is -2.32. The van der Waals surface area contributed by atoms with Gasteiger partial charge in [0.1, 0.15) is 11.4 Å². The molecule has 0 saturated carbocycles. The van der Waals surface area contributed by atoms with Crippen LogP contribution in [0, 0.1) is 0 Å². The number of likely N-dealkylation sites (N-methyl/N-ethyl adjacent to an activating group) is 1. The van der Waals surface area contributed by atoms with Crippen molar-refractivity contribution in [2.45, 2.75) is 13.8 Å². The number of rotatable bonds is 4. The van der Waals surface area contributed by atoms with E-state index in [2.05, 4.69) is 11.7 Å². The number of hydrogen-bond donors (Lipinski definition) is 1. The van der Waals surface area contributed by atoms with Gasteiger partial charge in [0.2, 0.25) is 0 Å². The van der Waals surface area contributed by atoms with Crippen LogP contribution in [0.2, 0.25) is 0 Å². The summed E-state index contributed by atoms with van der Waals surface area (Å²) in [6, 6.07) is 0. The van der Waals surface area contributed by atoms with Crippen LogP contribution in [0.25, 0.3) is 0 Å². The fraction of sp³-hybridized carbons (Fsp3) is 0.455. The van der Waals surface area contributed by atoms with E-state index < -0.39 is 0 Å². The van der Waals surface area contributed by atoms with Gasteiger partial charge in [0.05, 0.1) is 6.20 Å². The van der Waals surface area contributed by atoms with Crippen LogP contribution >= 0.6 is 0 Å². The van der Waals surface area contributed by atoms with E-state index in [-0.39, 0.29) is 5.91 Å². The van der Waals surface area contributed by atoms with Crippen LogP contribution in [-0.4, -0.2) is 33.7 Å². The van der Waals surface area contributed by atoms with Crippen LogP contribution in [0.15, 0.2) is 18.3 Å². The van der Waals surface area contributed by atoms with Crippen LogP contribution in [0.3, 0.4) is 0 Å². The third kappa shape index (κ3) is 2.42. The Hall–Kier alpha value is -1.78. The number of amides is 1. The summed E-state index contributed by atoms with van der Waals surface area (Å²) in [5.41, 5.74) is 7.15. The zero-order valence-electron chi connectivity index (χ0n) is 10.0. The number of nitrogens with two attached hydrogens (primary N) is 1. The number of aryl methyl sites for hydroxylation is 1. The molecule has 0 radical (unpaired) electrons. The SMILES string of the molecule is C=C(C)CN(CC)C(=O)c1cnn(C)c1N. The minimum absolute atomic E-state index is 0.101. The molecule has 0 atom stereocenters. The Balaban J connectivity index is 2.91. The maximum atomic E-state index is 12.1. The van der Waals surface area contributed by atoms with E-state index >= 15 is 0 Å². The molecule has 0 saturated heterocycles. The summed E-state index contributed by atoms with van der Waals surface area (Å²) >= 11 is 0. The zero-order chi connectivity index (χ0) is 12.3. The summed E-state index contributed by atoms with van der Waals surface area (Å²) in [5, 5.41) is 3.95. The van der Waals surface area contributed by atoms with E-state index in [0.29, 0.717) is 24.5 Å². The maximum absolute atomic E-state index is 12.1. The summed E-state index contributed by atoms with van der Waals surface area (Å²) in [6.45, 7) is 8.79. The Bertz CT molecular complexity index is 408. The molecule has 0 aliphatic rings. The highest BCUT2D eigenvalue weighted by molar-refractivity contribution is 5.98. The number of carbonyl (C=O) groups excluding carboxylic acids is 1. The average Bonchev–Trinajstić information content (AvgIpc) is 2.55. The fourth-order valence-electron chi connectivity index (χ4n) is 1.44. The molecule has 0 aliphatic carbocycles. The molecule has 2 N–H and O–H groups in total. The van der Waals surface area contributed by atoms with Gasteiger partial charge in [-0.05, 0) is 13.8 Å². The molecule has 0 aromatic carbocycles. The molecule has 1 aromatic rings. The lowest BCUT2D eigenvalue weighted by Gasteiger charge is -2.20. The third-order valence-corrected chi connectivity index (χ3v) is 2.34. The van der Waals surface area contributed by atoms with Crippen molar-refractivity contribution in [3.8, 4) is 0 Å². The summed E-state index contributed by atoms with van der Waals surface area (Å²) in [6.07, 6.45) is 1.50. The van der Waals surface area contributed by atoms with Crippen LogP contribution in [-0.2, 0) is 7.05 Å². The second kappa shape index (κ2) is 4.83. The van der Waals surface area contributed by atoms with Crippen molar-refractivity contribution in [3.05, 3.63) is 23.9 Å². The molecule has 0 fully saturated rings. The molecule has 0 bridgehead atoms. The van der Waals surface area contributed by atoms with Crippen molar-refractivity contribution >= 4 is 11.7 Å². The highest BCUT2D eigenvalue weighted by Crippen LogP contribution is 2.13. The molecular formula is C11H18N4O. The Morgan fingerprint density at radius 1 is 1.69 bits per heavy atom. The van der Waals surface area contributed by atoms with Gasteiger partial charge < -0.3 is 10.6 Å². The number of nitrogen functional groups attached to an aromatic ring is 1. The summed E-state index contributed by atoms with van der Waals surface area (Å²) in [7, 11) is 1.71. The van der Waals surface area contributed by atoms with Gasteiger partial charge in [0, 0.05) is 20.1 Å². The van der Waals surface area contributed by atoms with Crippen LogP contribution in [0.5, 0.6) is 0 Å². The molecule has 88 valence electrons. The molecular weight excluding hydrogens is 204 g/mol. The molecule has 0 unspecified atom stereocenters. The van der Waals surface area contributed by atoms with Gasteiger partial charge in [-0.3, -0.25) is 9.48 Å². The van der Waals surface area contributed by atoms with Gasteiger partial charge in [-0.2, -0.15) is 5.10 Å². The van der Waals surface area contributed by atoms with Gasteiger partial charge in [0.15, 0.2) is 0 Å². The first-order valence-corrected chi connectivity index (χ1v) is 5.18. The number of aromatic nitrogens is 2. The minimum Gasteiger partial charge on any atom is -0.383 e. The molecule has 1 heterocycles. The van der Waals surface area contributed by atoms with E-state index in [4.69, 9.17) is 5.73 Å². The lowest BCUT2D eigenvalue weighted by atomic mass is 10.2. The van der Waals surface area contributed by atoms with Crippen molar-refractivity contribution in [1.29, 1.82) is 0 Å². The zero-order valence-corrected chi connectivity index (χ0v) is 10.0. The maximum Gasteiger partial charge on any atom is 0.259 e. The highest BCUT2D eigenvalue weighted by atomic mass is 16.2. The van der Waals surface area contributed by atoms with Crippen molar-refractivity contribution in [1.82, 2.24) is 14.7 Å². The first kappa shape index (κ1) is 12.3. The second-order valence-electron chi connectivity index (χ2n) is 3.84. The Labute approximate surface area is 95.5 Å². The fourth-order valence-corrected chi connectivity index (χ4v) is 1.44. The number of anilines is 1. The monoisotopic (exact) mass is 222 g/mol. The molecule has 16 heavy (non-hydrogen) atoms. The summed E-state index contributed by atoms with van der Waals surface area (Å²) in [4.78, 5) is 13.8. The van der Waals surface area contributed by atoms with Crippen molar-refractivity contribution in [3.63, 3.8) is 0 Å². The van der Waals surface area contributed by atoms with Gasteiger partial charge in [-0.25, -0.2) is 0 Å². The van der Waals surface area contributed by atoms with Crippen LogP contribution in [0.4, 0.5) is 5.82 Å². The quantitative estimate of drug-likeness (QED) is 0.774. The largest absolute Gasteiger partial charge is 0.383 e. The van der Waals surface area contributed by atoms with E-state index in [1.165, 1.54) is 10.9 Å². The first-order chi connectivity index (χ1) is 7.47. The topological polar surface area (TPSA) is 64.2 Å².